The summed E-state index contributed by atoms with van der Waals surface area (Å²) in [6, 6.07) is -0.0970. The first-order valence-electron chi connectivity index (χ1n) is 6.43. The van der Waals surface area contributed by atoms with Crippen LogP contribution in [0.3, 0.4) is 0 Å². The van der Waals surface area contributed by atoms with Crippen LogP contribution in [-0.2, 0) is 0 Å². The number of carbonyl (C=O) groups is 1. The highest BCUT2D eigenvalue weighted by atomic mass is 16.3. The highest BCUT2D eigenvalue weighted by Gasteiger charge is 2.29. The molecule has 1 rings (SSSR count). The Morgan fingerprint density at radius 1 is 1.41 bits per heavy atom. The summed E-state index contributed by atoms with van der Waals surface area (Å²) in [5.74, 6) is 0. The molecule has 2 N–H and O–H groups in total. The fourth-order valence-corrected chi connectivity index (χ4v) is 2.48. The van der Waals surface area contributed by atoms with Crippen LogP contribution in [0.15, 0.2) is 0 Å². The summed E-state index contributed by atoms with van der Waals surface area (Å²) >= 11 is 0. The molecule has 0 atom stereocenters. The van der Waals surface area contributed by atoms with Gasteiger partial charge in [-0.2, -0.15) is 0 Å². The second-order valence-corrected chi connectivity index (χ2v) is 6.34. The van der Waals surface area contributed by atoms with Crippen molar-refractivity contribution in [2.45, 2.75) is 52.1 Å². The number of carbonyl (C=O) groups excluding carboxylic acids is 1. The van der Waals surface area contributed by atoms with Crippen LogP contribution in [0.1, 0.15) is 46.5 Å². The second kappa shape index (κ2) is 5.25. The van der Waals surface area contributed by atoms with Gasteiger partial charge in [-0.25, -0.2) is 4.79 Å². The van der Waals surface area contributed by atoms with E-state index in [1.165, 1.54) is 30.6 Å². The number of hydrogen-bond acceptors (Lipinski definition) is 2. The number of likely N-dealkylation sites (N-methyl/N-ethyl adjacent to an activating group) is 1. The molecule has 4 heteroatoms. The van der Waals surface area contributed by atoms with Gasteiger partial charge in [-0.15, -0.1) is 0 Å². The summed E-state index contributed by atoms with van der Waals surface area (Å²) in [5.41, 5.74) is -0.575. The first-order chi connectivity index (χ1) is 7.72. The topological polar surface area (TPSA) is 52.6 Å². The molecule has 2 amide bonds. The van der Waals surface area contributed by atoms with Gasteiger partial charge in [-0.1, -0.05) is 19.8 Å². The van der Waals surface area contributed by atoms with Crippen molar-refractivity contribution in [3.05, 3.63) is 0 Å². The molecule has 17 heavy (non-hydrogen) atoms. The molecule has 1 saturated carbocycles. The summed E-state index contributed by atoms with van der Waals surface area (Å²) in [6.45, 7) is 6.72. The van der Waals surface area contributed by atoms with E-state index < -0.39 is 5.60 Å². The molecular weight excluding hydrogens is 216 g/mol. The van der Waals surface area contributed by atoms with E-state index in [4.69, 9.17) is 0 Å². The van der Waals surface area contributed by atoms with Gasteiger partial charge >= 0.3 is 6.03 Å². The van der Waals surface area contributed by atoms with Crippen LogP contribution in [0.2, 0.25) is 0 Å². The fraction of sp³-hybridized carbons (Fsp3) is 0.923. The molecule has 0 saturated heterocycles. The number of rotatable bonds is 4. The summed E-state index contributed by atoms with van der Waals surface area (Å²) in [6.07, 6.45) is 4.93. The van der Waals surface area contributed by atoms with Crippen molar-refractivity contribution in [3.8, 4) is 0 Å². The molecule has 100 valence electrons. The van der Waals surface area contributed by atoms with Crippen molar-refractivity contribution in [1.82, 2.24) is 10.2 Å². The van der Waals surface area contributed by atoms with Crippen LogP contribution in [-0.4, -0.2) is 41.8 Å². The Balaban J connectivity index is 2.34. The molecule has 1 fully saturated rings. The smallest absolute Gasteiger partial charge is 0.317 e. The van der Waals surface area contributed by atoms with E-state index in [1.807, 2.05) is 0 Å². The molecule has 0 aromatic carbocycles. The summed E-state index contributed by atoms with van der Waals surface area (Å²) in [4.78, 5) is 13.4. The largest absolute Gasteiger partial charge is 0.389 e. The third kappa shape index (κ3) is 4.94. The van der Waals surface area contributed by atoms with Crippen molar-refractivity contribution in [1.29, 1.82) is 0 Å². The minimum Gasteiger partial charge on any atom is -0.389 e. The van der Waals surface area contributed by atoms with E-state index in [0.717, 1.165) is 6.54 Å². The zero-order valence-electron chi connectivity index (χ0n) is 11.5. The van der Waals surface area contributed by atoms with Crippen LogP contribution in [0.4, 0.5) is 4.79 Å². The SMILES string of the molecule is CN(CC(C)(C)O)C(=O)NCC1(C)CCCC1. The van der Waals surface area contributed by atoms with E-state index in [2.05, 4.69) is 12.2 Å². The van der Waals surface area contributed by atoms with Crippen molar-refractivity contribution < 1.29 is 9.90 Å². The predicted octanol–water partition coefficient (Wildman–Crippen LogP) is 1.98. The van der Waals surface area contributed by atoms with Gasteiger partial charge in [0, 0.05) is 13.6 Å². The molecule has 0 aromatic rings. The molecule has 0 heterocycles. The van der Waals surface area contributed by atoms with Gasteiger partial charge < -0.3 is 15.3 Å². The van der Waals surface area contributed by atoms with Gasteiger partial charge in [0.1, 0.15) is 0 Å². The Morgan fingerprint density at radius 2 is 1.94 bits per heavy atom. The van der Waals surface area contributed by atoms with Gasteiger partial charge in [-0.05, 0) is 32.1 Å². The Labute approximate surface area is 104 Å². The normalized spacial score (nSPS) is 19.1. The van der Waals surface area contributed by atoms with Crippen LogP contribution in [0, 0.1) is 5.41 Å². The van der Waals surface area contributed by atoms with Gasteiger partial charge in [0.25, 0.3) is 0 Å². The average Bonchev–Trinajstić information content (AvgIpc) is 2.59. The Kier molecular flexibility index (Phi) is 4.42. The molecule has 0 aliphatic heterocycles. The van der Waals surface area contributed by atoms with Crippen LogP contribution in [0.5, 0.6) is 0 Å². The maximum atomic E-state index is 11.8. The molecule has 1 aliphatic carbocycles. The molecule has 1 aliphatic rings. The zero-order chi connectivity index (χ0) is 13.1. The lowest BCUT2D eigenvalue weighted by Crippen LogP contribution is -2.46. The number of hydrogen-bond donors (Lipinski definition) is 2. The number of urea groups is 1. The summed E-state index contributed by atoms with van der Waals surface area (Å²) in [5, 5.41) is 12.6. The number of nitrogens with zero attached hydrogens (tertiary/aromatic N) is 1. The van der Waals surface area contributed by atoms with Gasteiger partial charge in [0.05, 0.1) is 12.1 Å². The maximum Gasteiger partial charge on any atom is 0.317 e. The predicted molar refractivity (Wildman–Crippen MR) is 68.9 cm³/mol. The van der Waals surface area contributed by atoms with E-state index in [0.29, 0.717) is 6.54 Å². The minimum atomic E-state index is -0.844. The van der Waals surface area contributed by atoms with E-state index >= 15 is 0 Å². The molecule has 0 spiro atoms. The quantitative estimate of drug-likeness (QED) is 0.792. The van der Waals surface area contributed by atoms with Gasteiger partial charge in [0.15, 0.2) is 0 Å². The molecule has 4 nitrogen and oxygen atoms in total. The van der Waals surface area contributed by atoms with Crippen molar-refractivity contribution >= 4 is 6.03 Å². The van der Waals surface area contributed by atoms with E-state index in [-0.39, 0.29) is 11.4 Å². The van der Waals surface area contributed by atoms with E-state index in [1.54, 1.807) is 20.9 Å². The molecular formula is C13H26N2O2. The lowest BCUT2D eigenvalue weighted by Gasteiger charge is -2.28. The first-order valence-corrected chi connectivity index (χ1v) is 6.43. The van der Waals surface area contributed by atoms with E-state index in [9.17, 15) is 9.90 Å². The minimum absolute atomic E-state index is 0.0970. The standard InChI is InChI=1S/C13H26N2O2/c1-12(2,17)10-15(4)11(16)14-9-13(3)7-5-6-8-13/h17H,5-10H2,1-4H3,(H,14,16). The molecule has 0 radical (unpaired) electrons. The highest BCUT2D eigenvalue weighted by molar-refractivity contribution is 5.73. The lowest BCUT2D eigenvalue weighted by atomic mass is 9.89. The van der Waals surface area contributed by atoms with Crippen LogP contribution >= 0.6 is 0 Å². The lowest BCUT2D eigenvalue weighted by molar-refractivity contribution is 0.0528. The van der Waals surface area contributed by atoms with Gasteiger partial charge in [-0.3, -0.25) is 0 Å². The first kappa shape index (κ1) is 14.3. The third-order valence-corrected chi connectivity index (χ3v) is 3.45. The monoisotopic (exact) mass is 242 g/mol. The molecule has 0 aromatic heterocycles. The maximum absolute atomic E-state index is 11.8. The Bertz CT molecular complexity index is 265. The zero-order valence-corrected chi connectivity index (χ0v) is 11.5. The van der Waals surface area contributed by atoms with Crippen molar-refractivity contribution in [2.75, 3.05) is 20.1 Å². The molecule has 0 unspecified atom stereocenters. The number of aliphatic hydroxyl groups is 1. The third-order valence-electron chi connectivity index (χ3n) is 3.45. The van der Waals surface area contributed by atoms with Crippen LogP contribution in [0.25, 0.3) is 0 Å². The number of amides is 2. The fourth-order valence-electron chi connectivity index (χ4n) is 2.48. The van der Waals surface area contributed by atoms with Crippen molar-refractivity contribution in [3.63, 3.8) is 0 Å². The summed E-state index contributed by atoms with van der Waals surface area (Å²) < 4.78 is 0. The Morgan fingerprint density at radius 3 is 2.41 bits per heavy atom. The van der Waals surface area contributed by atoms with Gasteiger partial charge in [0.2, 0.25) is 0 Å². The number of nitrogens with one attached hydrogen (secondary N) is 1. The highest BCUT2D eigenvalue weighted by Crippen LogP contribution is 2.36. The Hall–Kier alpha value is -0.770. The van der Waals surface area contributed by atoms with Crippen LogP contribution < -0.4 is 5.32 Å². The second-order valence-electron chi connectivity index (χ2n) is 6.34. The van der Waals surface area contributed by atoms with Crippen molar-refractivity contribution in [2.24, 2.45) is 5.41 Å². The summed E-state index contributed by atoms with van der Waals surface area (Å²) in [7, 11) is 1.71. The molecule has 0 bridgehead atoms. The average molecular weight is 242 g/mol.